The second kappa shape index (κ2) is 13.8. The van der Waals surface area contributed by atoms with Crippen LogP contribution in [-0.2, 0) is 16.1 Å². The number of fused-ring (bicyclic) bond motifs is 1. The van der Waals surface area contributed by atoms with Crippen molar-refractivity contribution < 1.29 is 23.5 Å². The largest absolute Gasteiger partial charge is 0.463 e. The molecule has 11 heteroatoms. The van der Waals surface area contributed by atoms with E-state index in [2.05, 4.69) is 15.6 Å². The Morgan fingerprint density at radius 2 is 1.90 bits per heavy atom. The predicted molar refractivity (Wildman–Crippen MR) is 162 cm³/mol. The first-order valence-corrected chi connectivity index (χ1v) is 13.3. The van der Waals surface area contributed by atoms with E-state index in [-0.39, 0.29) is 24.6 Å². The zero-order valence-electron chi connectivity index (χ0n) is 23.6. The van der Waals surface area contributed by atoms with Crippen LogP contribution in [0.25, 0.3) is 10.8 Å². The number of aryl methyl sites for hydroxylation is 1. The Hall–Kier alpha value is -4.64. The topological polar surface area (TPSA) is 113 Å². The first-order chi connectivity index (χ1) is 20.2. The molecule has 0 fully saturated rings. The molecule has 4 rings (SSSR count). The summed E-state index contributed by atoms with van der Waals surface area (Å²) in [5.74, 6) is 0.210. The molecule has 42 heavy (non-hydrogen) atoms. The smallest absolute Gasteiger partial charge is 0.411 e. The van der Waals surface area contributed by atoms with Crippen LogP contribution in [0.5, 0.6) is 5.75 Å². The van der Waals surface area contributed by atoms with Gasteiger partial charge in [0, 0.05) is 41.0 Å². The van der Waals surface area contributed by atoms with Crippen molar-refractivity contribution >= 4 is 42.5 Å². The molecule has 216 valence electrons. The van der Waals surface area contributed by atoms with Gasteiger partial charge in [-0.1, -0.05) is 31.2 Å². The number of aldehydes is 1. The maximum Gasteiger partial charge on any atom is 0.411 e. The molecule has 0 bridgehead atoms. The van der Waals surface area contributed by atoms with Crippen LogP contribution in [-0.4, -0.2) is 50.7 Å². The molecule has 0 aliphatic rings. The lowest BCUT2D eigenvalue weighted by Crippen LogP contribution is -2.18. The number of rotatable bonds is 12. The van der Waals surface area contributed by atoms with E-state index < -0.39 is 19.0 Å². The van der Waals surface area contributed by atoms with Gasteiger partial charge in [0.2, 0.25) is 6.86 Å². The Balaban J connectivity index is 1.38. The molecule has 4 aromatic rings. The summed E-state index contributed by atoms with van der Waals surface area (Å²) in [4.78, 5) is 40.7. The second-order valence-electron chi connectivity index (χ2n) is 10.1. The van der Waals surface area contributed by atoms with Gasteiger partial charge < -0.3 is 29.4 Å². The fourth-order valence-corrected chi connectivity index (χ4v) is 4.79. The molecule has 0 aliphatic heterocycles. The fraction of sp³-hybridized carbons (Fsp3) is 0.258. The number of aromatic nitrogens is 1. The van der Waals surface area contributed by atoms with Crippen molar-refractivity contribution in [2.24, 2.45) is 0 Å². The first kappa shape index (κ1) is 30.3. The molecular weight excluding hydrogens is 538 g/mol. The van der Waals surface area contributed by atoms with Crippen LogP contribution >= 0.6 is 0 Å². The highest BCUT2D eigenvalue weighted by molar-refractivity contribution is 6.04. The molecule has 9 nitrogen and oxygen atoms in total. The number of carbonyl (C=O) groups is 2. The zero-order chi connectivity index (χ0) is 30.2. The number of amides is 1. The third kappa shape index (κ3) is 7.55. The number of carbonyl (C=O) groups excluding carboxylic acids is 2. The lowest BCUT2D eigenvalue weighted by molar-refractivity contribution is -0.108. The molecule has 3 aromatic carbocycles. The normalized spacial score (nSPS) is 12.5. The minimum Gasteiger partial charge on any atom is -0.463 e. The van der Waals surface area contributed by atoms with Gasteiger partial charge in [-0.3, -0.25) is 10.1 Å². The number of halogens is 1. The number of aromatic amines is 1. The number of hydrogen-bond donors (Lipinski definition) is 3. The summed E-state index contributed by atoms with van der Waals surface area (Å²) in [6, 6.07) is 17.1. The summed E-state index contributed by atoms with van der Waals surface area (Å²) in [5, 5.41) is 7.21. The van der Waals surface area contributed by atoms with Gasteiger partial charge in [-0.25, -0.2) is 9.18 Å². The number of hydrogen-bond acceptors (Lipinski definition) is 7. The standard InChI is InChI=1S/C31H32BFN4O5/c1-19-12-22(28(16-38)35-25-6-4-21-10-11-34-30(39)27(21)14-25)5-8-26(19)20(2)17-41-31(40)36-24-7-9-29(42-18-33)23(13-24)15-37(3)32/h4-14,16,20,28,35H,15,17-18H2,1-3H3,(H,34,39)(H,36,40)/t20-,28?/m0/s1. The van der Waals surface area contributed by atoms with Crippen molar-refractivity contribution in [3.05, 3.63) is 99.5 Å². The lowest BCUT2D eigenvalue weighted by Gasteiger charge is -2.19. The van der Waals surface area contributed by atoms with Gasteiger partial charge in [0.25, 0.3) is 5.56 Å². The number of nitrogens with zero attached hydrogens (tertiary/aromatic N) is 1. The van der Waals surface area contributed by atoms with Gasteiger partial charge >= 0.3 is 6.09 Å². The van der Waals surface area contributed by atoms with Crippen LogP contribution in [0.2, 0.25) is 0 Å². The summed E-state index contributed by atoms with van der Waals surface area (Å²) in [6.45, 7) is 3.30. The maximum atomic E-state index is 12.7. The van der Waals surface area contributed by atoms with E-state index in [1.54, 1.807) is 37.5 Å². The SMILES string of the molecule is [B]N(C)Cc1cc(NC(=O)OC[C@H](C)c2ccc(C(C=O)Nc3ccc4cc[nH]c(=O)c4c3)cc2C)ccc1OCF. The molecule has 1 amide bonds. The van der Waals surface area contributed by atoms with Crippen molar-refractivity contribution in [3.63, 3.8) is 0 Å². The maximum absolute atomic E-state index is 12.7. The van der Waals surface area contributed by atoms with Crippen LogP contribution in [0.4, 0.5) is 20.6 Å². The zero-order valence-corrected chi connectivity index (χ0v) is 23.6. The first-order valence-electron chi connectivity index (χ1n) is 13.3. The lowest BCUT2D eigenvalue weighted by atomic mass is 9.93. The minimum absolute atomic E-state index is 0.119. The van der Waals surface area contributed by atoms with Crippen LogP contribution in [0.3, 0.4) is 0 Å². The fourth-order valence-electron chi connectivity index (χ4n) is 4.79. The third-order valence-electron chi connectivity index (χ3n) is 6.82. The highest BCUT2D eigenvalue weighted by Gasteiger charge is 2.17. The monoisotopic (exact) mass is 570 g/mol. The van der Waals surface area contributed by atoms with E-state index in [0.717, 1.165) is 28.4 Å². The molecular formula is C31H32BFN4O5. The predicted octanol–water partition coefficient (Wildman–Crippen LogP) is 5.36. The van der Waals surface area contributed by atoms with Crippen LogP contribution in [0.1, 0.15) is 41.1 Å². The van der Waals surface area contributed by atoms with E-state index in [1.165, 1.54) is 4.81 Å². The van der Waals surface area contributed by atoms with Gasteiger partial charge in [0.05, 0.1) is 6.61 Å². The number of H-pyrrole nitrogens is 1. The molecule has 0 aliphatic carbocycles. The summed E-state index contributed by atoms with van der Waals surface area (Å²) in [7, 11) is 7.38. The number of pyridine rings is 1. The second-order valence-corrected chi connectivity index (χ2v) is 10.1. The summed E-state index contributed by atoms with van der Waals surface area (Å²) in [5.41, 5.74) is 4.18. The minimum atomic E-state index is -0.979. The molecule has 1 heterocycles. The third-order valence-corrected chi connectivity index (χ3v) is 6.82. The van der Waals surface area contributed by atoms with Gasteiger partial charge in [-0.05, 0) is 72.4 Å². The van der Waals surface area contributed by atoms with Crippen molar-refractivity contribution in [2.45, 2.75) is 32.4 Å². The van der Waals surface area contributed by atoms with Crippen molar-refractivity contribution in [3.8, 4) is 5.75 Å². The van der Waals surface area contributed by atoms with E-state index in [0.29, 0.717) is 28.1 Å². The van der Waals surface area contributed by atoms with E-state index in [9.17, 15) is 18.8 Å². The Labute approximate surface area is 244 Å². The number of alkyl halides is 1. The van der Waals surface area contributed by atoms with Gasteiger partial charge in [0.1, 0.15) is 18.1 Å². The molecule has 1 unspecified atom stereocenters. The van der Waals surface area contributed by atoms with Gasteiger partial charge in [-0.2, -0.15) is 0 Å². The molecule has 2 radical (unpaired) electrons. The molecule has 1 aromatic heterocycles. The molecule has 2 atom stereocenters. The Morgan fingerprint density at radius 1 is 1.12 bits per heavy atom. The van der Waals surface area contributed by atoms with Gasteiger partial charge in [0.15, 0.2) is 7.98 Å². The molecule has 0 saturated heterocycles. The van der Waals surface area contributed by atoms with Crippen molar-refractivity contribution in [1.82, 2.24) is 9.79 Å². The van der Waals surface area contributed by atoms with Gasteiger partial charge in [-0.15, -0.1) is 0 Å². The average Bonchev–Trinajstić information content (AvgIpc) is 2.96. The summed E-state index contributed by atoms with van der Waals surface area (Å²) < 4.78 is 23.1. The number of anilines is 2. The van der Waals surface area contributed by atoms with Crippen LogP contribution < -0.4 is 20.9 Å². The highest BCUT2D eigenvalue weighted by atomic mass is 19.1. The van der Waals surface area contributed by atoms with E-state index >= 15 is 0 Å². The quantitative estimate of drug-likeness (QED) is 0.155. The average molecular weight is 570 g/mol. The highest BCUT2D eigenvalue weighted by Crippen LogP contribution is 2.27. The number of ether oxygens (including phenoxy) is 2. The summed E-state index contributed by atoms with van der Waals surface area (Å²) >= 11 is 0. The van der Waals surface area contributed by atoms with Crippen molar-refractivity contribution in [2.75, 3.05) is 31.1 Å². The Morgan fingerprint density at radius 3 is 2.62 bits per heavy atom. The molecule has 0 spiro atoms. The van der Waals surface area contributed by atoms with Crippen LogP contribution in [0, 0.1) is 6.92 Å². The molecule has 0 saturated carbocycles. The number of nitrogens with one attached hydrogen (secondary N) is 3. The number of benzene rings is 3. The summed E-state index contributed by atoms with van der Waals surface area (Å²) in [6.07, 6.45) is 1.78. The molecule has 3 N–H and O–H groups in total. The Kier molecular flexibility index (Phi) is 9.98. The Bertz CT molecular complexity index is 1630. The van der Waals surface area contributed by atoms with E-state index in [4.69, 9.17) is 17.5 Å². The van der Waals surface area contributed by atoms with Crippen molar-refractivity contribution in [1.29, 1.82) is 0 Å². The van der Waals surface area contributed by atoms with Crippen LogP contribution in [0.15, 0.2) is 71.7 Å². The van der Waals surface area contributed by atoms with E-state index in [1.807, 2.05) is 50.2 Å².